The second-order valence-electron chi connectivity index (χ2n) is 3.83. The predicted octanol–water partition coefficient (Wildman–Crippen LogP) is 2.56. The number of nitrogens with one attached hydrogen (secondary N) is 1. The topological polar surface area (TPSA) is 41.5 Å². The first-order valence-electron chi connectivity index (χ1n) is 5.33. The third kappa shape index (κ3) is 4.32. The Morgan fingerprint density at radius 1 is 1.27 bits per heavy atom. The quantitative estimate of drug-likeness (QED) is 0.559. The molecule has 3 nitrogen and oxygen atoms in total. The van der Waals surface area contributed by atoms with Crippen LogP contribution in [0.3, 0.4) is 0 Å². The molecule has 0 radical (unpaired) electrons. The molecule has 0 aliphatic rings. The Balaban J connectivity index is 2.36. The summed E-state index contributed by atoms with van der Waals surface area (Å²) in [7, 11) is 0. The second-order valence-corrected chi connectivity index (χ2v) is 3.83. The molecule has 1 rings (SSSR count). The van der Waals surface area contributed by atoms with Gasteiger partial charge in [-0.2, -0.15) is 0 Å². The Hall–Kier alpha value is -1.06. The van der Waals surface area contributed by atoms with E-state index in [9.17, 15) is 0 Å². The molecule has 0 fully saturated rings. The summed E-state index contributed by atoms with van der Waals surface area (Å²) < 4.78 is 5.49. The molecule has 84 valence electrons. The van der Waals surface area contributed by atoms with Crippen LogP contribution in [0.25, 0.3) is 0 Å². The molecule has 15 heavy (non-hydrogen) atoms. The molecule has 3 heteroatoms. The van der Waals surface area contributed by atoms with Gasteiger partial charge in [0.1, 0.15) is 5.75 Å². The Kier molecular flexibility index (Phi) is 5.15. The Labute approximate surface area is 91.0 Å². The molecule has 2 N–H and O–H groups in total. The van der Waals surface area contributed by atoms with E-state index in [0.29, 0.717) is 19.1 Å². The first-order valence-corrected chi connectivity index (χ1v) is 5.33. The minimum atomic E-state index is 0.553. The molecular weight excluding hydrogens is 190 g/mol. The van der Waals surface area contributed by atoms with Crippen molar-refractivity contribution >= 4 is 0 Å². The Bertz CT molecular complexity index is 269. The van der Waals surface area contributed by atoms with Crippen molar-refractivity contribution in [3.63, 3.8) is 0 Å². The van der Waals surface area contributed by atoms with Crippen molar-refractivity contribution in [3.8, 4) is 5.75 Å². The second kappa shape index (κ2) is 6.43. The highest BCUT2D eigenvalue weighted by Crippen LogP contribution is 2.18. The third-order valence-electron chi connectivity index (χ3n) is 2.25. The predicted molar refractivity (Wildman–Crippen MR) is 60.4 cm³/mol. The van der Waals surface area contributed by atoms with Crippen LogP contribution in [-0.4, -0.2) is 18.4 Å². The molecular formula is C12H19NO2. The fraction of sp³-hybridized carbons (Fsp3) is 0.500. The van der Waals surface area contributed by atoms with Gasteiger partial charge in [-0.05, 0) is 30.0 Å². The van der Waals surface area contributed by atoms with Crippen molar-refractivity contribution < 1.29 is 9.94 Å². The molecule has 0 saturated carbocycles. The maximum absolute atomic E-state index is 8.36. The Morgan fingerprint density at radius 2 is 1.93 bits per heavy atom. The van der Waals surface area contributed by atoms with E-state index < -0.39 is 0 Å². The highest BCUT2D eigenvalue weighted by molar-refractivity contribution is 5.28. The highest BCUT2D eigenvalue weighted by atomic mass is 16.5. The van der Waals surface area contributed by atoms with E-state index in [2.05, 4.69) is 31.5 Å². The van der Waals surface area contributed by atoms with Gasteiger partial charge in [-0.3, -0.25) is 0 Å². The molecule has 0 bridgehead atoms. The molecule has 0 aliphatic carbocycles. The zero-order chi connectivity index (χ0) is 11.1. The van der Waals surface area contributed by atoms with Crippen molar-refractivity contribution in [2.75, 3.05) is 13.2 Å². The summed E-state index contributed by atoms with van der Waals surface area (Å²) in [5, 5.41) is 8.36. The van der Waals surface area contributed by atoms with Crippen LogP contribution < -0.4 is 10.2 Å². The molecule has 0 spiro atoms. The van der Waals surface area contributed by atoms with Crippen LogP contribution in [0.5, 0.6) is 5.75 Å². The highest BCUT2D eigenvalue weighted by Gasteiger charge is 1.99. The van der Waals surface area contributed by atoms with Crippen molar-refractivity contribution in [1.82, 2.24) is 5.48 Å². The number of benzene rings is 1. The lowest BCUT2D eigenvalue weighted by Gasteiger charge is -2.08. The smallest absolute Gasteiger partial charge is 0.119 e. The van der Waals surface area contributed by atoms with Gasteiger partial charge < -0.3 is 9.94 Å². The normalized spacial score (nSPS) is 10.7. The van der Waals surface area contributed by atoms with Crippen LogP contribution >= 0.6 is 0 Å². The van der Waals surface area contributed by atoms with Crippen LogP contribution in [-0.2, 0) is 0 Å². The average molecular weight is 209 g/mol. The van der Waals surface area contributed by atoms with E-state index in [1.165, 1.54) is 5.56 Å². The average Bonchev–Trinajstić information content (AvgIpc) is 2.25. The summed E-state index contributed by atoms with van der Waals surface area (Å²) in [6.45, 7) is 5.52. The van der Waals surface area contributed by atoms with Crippen LogP contribution in [0, 0.1) is 0 Å². The number of hydrogen-bond donors (Lipinski definition) is 2. The van der Waals surface area contributed by atoms with Gasteiger partial charge in [0, 0.05) is 6.54 Å². The minimum Gasteiger partial charge on any atom is -0.494 e. The molecule has 0 saturated heterocycles. The molecule has 1 aromatic rings. The molecule has 1 aromatic carbocycles. The van der Waals surface area contributed by atoms with E-state index in [1.54, 1.807) is 0 Å². The lowest BCUT2D eigenvalue weighted by Crippen LogP contribution is -2.12. The summed E-state index contributed by atoms with van der Waals surface area (Å²) in [6.07, 6.45) is 0.794. The van der Waals surface area contributed by atoms with Crippen LogP contribution in [0.2, 0.25) is 0 Å². The van der Waals surface area contributed by atoms with Gasteiger partial charge in [-0.25, -0.2) is 5.48 Å². The van der Waals surface area contributed by atoms with Crippen LogP contribution in [0.4, 0.5) is 0 Å². The van der Waals surface area contributed by atoms with Gasteiger partial charge in [0.25, 0.3) is 0 Å². The standard InChI is InChI=1S/C12H19NO2/c1-10(2)11-4-6-12(7-5-11)15-9-3-8-13-14/h4-7,10,13-14H,3,8-9H2,1-2H3. The SMILES string of the molecule is CC(C)c1ccc(OCCCNO)cc1. The van der Waals surface area contributed by atoms with E-state index >= 15 is 0 Å². The van der Waals surface area contributed by atoms with Gasteiger partial charge in [-0.15, -0.1) is 0 Å². The van der Waals surface area contributed by atoms with Gasteiger partial charge in [0.15, 0.2) is 0 Å². The third-order valence-corrected chi connectivity index (χ3v) is 2.25. The zero-order valence-electron chi connectivity index (χ0n) is 9.36. The fourth-order valence-electron chi connectivity index (χ4n) is 1.29. The maximum atomic E-state index is 8.36. The summed E-state index contributed by atoms with van der Waals surface area (Å²) in [5.74, 6) is 1.44. The van der Waals surface area contributed by atoms with Crippen molar-refractivity contribution in [1.29, 1.82) is 0 Å². The number of hydrogen-bond acceptors (Lipinski definition) is 3. The largest absolute Gasteiger partial charge is 0.494 e. The summed E-state index contributed by atoms with van der Waals surface area (Å²) in [5.41, 5.74) is 3.42. The number of ether oxygens (including phenoxy) is 1. The minimum absolute atomic E-state index is 0.553. The van der Waals surface area contributed by atoms with Gasteiger partial charge in [0.05, 0.1) is 6.61 Å². The molecule has 0 unspecified atom stereocenters. The molecule has 0 aliphatic heterocycles. The first kappa shape index (κ1) is 12.0. The zero-order valence-corrected chi connectivity index (χ0v) is 9.36. The van der Waals surface area contributed by atoms with E-state index in [-0.39, 0.29) is 0 Å². The van der Waals surface area contributed by atoms with Gasteiger partial charge in [0.2, 0.25) is 0 Å². The van der Waals surface area contributed by atoms with Gasteiger partial charge in [-0.1, -0.05) is 26.0 Å². The van der Waals surface area contributed by atoms with Crippen molar-refractivity contribution in [2.45, 2.75) is 26.2 Å². The van der Waals surface area contributed by atoms with E-state index in [4.69, 9.17) is 9.94 Å². The summed E-state index contributed by atoms with van der Waals surface area (Å²) >= 11 is 0. The molecule has 0 aromatic heterocycles. The molecule has 0 heterocycles. The lowest BCUT2D eigenvalue weighted by molar-refractivity contribution is 0.157. The maximum Gasteiger partial charge on any atom is 0.119 e. The number of hydroxylamine groups is 1. The molecule has 0 atom stereocenters. The van der Waals surface area contributed by atoms with Gasteiger partial charge >= 0.3 is 0 Å². The summed E-state index contributed by atoms with van der Waals surface area (Å²) in [4.78, 5) is 0. The fourth-order valence-corrected chi connectivity index (χ4v) is 1.29. The van der Waals surface area contributed by atoms with Crippen molar-refractivity contribution in [3.05, 3.63) is 29.8 Å². The first-order chi connectivity index (χ1) is 7.24. The van der Waals surface area contributed by atoms with E-state index in [1.807, 2.05) is 12.1 Å². The van der Waals surface area contributed by atoms with Crippen LogP contribution in [0.15, 0.2) is 24.3 Å². The monoisotopic (exact) mass is 209 g/mol. The molecule has 0 amide bonds. The lowest BCUT2D eigenvalue weighted by atomic mass is 10.0. The summed E-state index contributed by atoms with van der Waals surface area (Å²) in [6, 6.07) is 8.15. The van der Waals surface area contributed by atoms with Crippen molar-refractivity contribution in [2.24, 2.45) is 0 Å². The van der Waals surface area contributed by atoms with Crippen LogP contribution in [0.1, 0.15) is 31.7 Å². The Morgan fingerprint density at radius 3 is 2.47 bits per heavy atom. The van der Waals surface area contributed by atoms with E-state index in [0.717, 1.165) is 12.2 Å². The number of rotatable bonds is 6.